The van der Waals surface area contributed by atoms with Crippen LogP contribution in [0.2, 0.25) is 0 Å². The summed E-state index contributed by atoms with van der Waals surface area (Å²) in [5, 5.41) is 0. The molecule has 0 aromatic carbocycles. The highest BCUT2D eigenvalue weighted by molar-refractivity contribution is 5.85. The Labute approximate surface area is 69.1 Å². The molecule has 0 spiro atoms. The Morgan fingerprint density at radius 1 is 1.40 bits per heavy atom. The summed E-state index contributed by atoms with van der Waals surface area (Å²) in [6, 6.07) is 0.446. The molecule has 0 amide bonds. The van der Waals surface area contributed by atoms with Crippen molar-refractivity contribution in [3.05, 3.63) is 12.7 Å². The first-order chi connectivity index (χ1) is 4.33. The normalized spacial score (nSPS) is 32.5. The van der Waals surface area contributed by atoms with Gasteiger partial charge in [0, 0.05) is 6.04 Å². The van der Waals surface area contributed by atoms with Crippen molar-refractivity contribution in [1.82, 2.24) is 0 Å². The molecule has 10 heavy (non-hydrogen) atoms. The molecule has 2 atom stereocenters. The minimum atomic E-state index is 0. The van der Waals surface area contributed by atoms with Crippen LogP contribution in [0.15, 0.2) is 12.7 Å². The van der Waals surface area contributed by atoms with Gasteiger partial charge in [-0.15, -0.1) is 19.0 Å². The van der Waals surface area contributed by atoms with E-state index in [1.54, 1.807) is 0 Å². The summed E-state index contributed by atoms with van der Waals surface area (Å²) in [6.45, 7) is 3.76. The molecule has 0 heterocycles. The number of hydrogen-bond acceptors (Lipinski definition) is 1. The molecule has 0 radical (unpaired) electrons. The lowest BCUT2D eigenvalue weighted by Gasteiger charge is -2.23. The predicted molar refractivity (Wildman–Crippen MR) is 47.4 cm³/mol. The van der Waals surface area contributed by atoms with E-state index in [-0.39, 0.29) is 12.4 Å². The van der Waals surface area contributed by atoms with E-state index in [9.17, 15) is 0 Å². The number of allylic oxidation sites excluding steroid dienone is 1. The molecule has 0 saturated heterocycles. The summed E-state index contributed by atoms with van der Waals surface area (Å²) < 4.78 is 0. The Morgan fingerprint density at radius 2 is 2.10 bits per heavy atom. The monoisotopic (exact) mass is 161 g/mol. The van der Waals surface area contributed by atoms with Crippen LogP contribution in [0.3, 0.4) is 0 Å². The van der Waals surface area contributed by atoms with Crippen LogP contribution in [0.25, 0.3) is 0 Å². The second kappa shape index (κ2) is 4.75. The quantitative estimate of drug-likeness (QED) is 0.586. The van der Waals surface area contributed by atoms with Crippen LogP contribution in [0, 0.1) is 5.92 Å². The van der Waals surface area contributed by atoms with Crippen molar-refractivity contribution >= 4 is 12.4 Å². The van der Waals surface area contributed by atoms with Crippen LogP contribution in [-0.4, -0.2) is 6.04 Å². The maximum atomic E-state index is 5.75. The van der Waals surface area contributed by atoms with E-state index in [2.05, 4.69) is 6.58 Å². The second-order valence-electron chi connectivity index (χ2n) is 2.92. The molecular formula is C8H16ClN. The summed E-state index contributed by atoms with van der Waals surface area (Å²) in [5.74, 6) is 0.703. The van der Waals surface area contributed by atoms with Gasteiger partial charge in [-0.3, -0.25) is 0 Å². The van der Waals surface area contributed by atoms with Gasteiger partial charge in [0.15, 0.2) is 0 Å². The number of rotatable bonds is 1. The lowest BCUT2D eigenvalue weighted by molar-refractivity contribution is 0.373. The average molecular weight is 162 g/mol. The zero-order chi connectivity index (χ0) is 6.69. The molecule has 1 aliphatic rings. The fraction of sp³-hybridized carbons (Fsp3) is 0.750. The molecule has 1 fully saturated rings. The standard InChI is InChI=1S/C8H15N.ClH/c1-2-7-4-3-5-8(9)6-7;/h2,7-8H,1,3-6,9H2;1H/t7-,8-;/m1./s1. The number of halogens is 1. The Hall–Kier alpha value is -0.0100. The van der Waals surface area contributed by atoms with Gasteiger partial charge in [-0.2, -0.15) is 0 Å². The van der Waals surface area contributed by atoms with Gasteiger partial charge < -0.3 is 5.73 Å². The average Bonchev–Trinajstić information content (AvgIpc) is 1.88. The summed E-state index contributed by atoms with van der Waals surface area (Å²) in [5.41, 5.74) is 5.75. The minimum absolute atomic E-state index is 0. The highest BCUT2D eigenvalue weighted by atomic mass is 35.5. The predicted octanol–water partition coefficient (Wildman–Crippen LogP) is 2.11. The topological polar surface area (TPSA) is 26.0 Å². The molecule has 2 N–H and O–H groups in total. The maximum Gasteiger partial charge on any atom is 0.00444 e. The van der Waals surface area contributed by atoms with E-state index < -0.39 is 0 Å². The van der Waals surface area contributed by atoms with E-state index in [1.165, 1.54) is 19.3 Å². The maximum absolute atomic E-state index is 5.75. The van der Waals surface area contributed by atoms with Gasteiger partial charge in [-0.05, 0) is 25.2 Å². The van der Waals surface area contributed by atoms with Crippen molar-refractivity contribution in [2.75, 3.05) is 0 Å². The van der Waals surface area contributed by atoms with Gasteiger partial charge in [-0.1, -0.05) is 12.5 Å². The fourth-order valence-corrected chi connectivity index (χ4v) is 1.48. The van der Waals surface area contributed by atoms with E-state index in [0.29, 0.717) is 12.0 Å². The van der Waals surface area contributed by atoms with Crippen LogP contribution < -0.4 is 5.73 Å². The molecule has 0 unspecified atom stereocenters. The second-order valence-corrected chi connectivity index (χ2v) is 2.92. The van der Waals surface area contributed by atoms with Crippen molar-refractivity contribution in [2.24, 2.45) is 11.7 Å². The van der Waals surface area contributed by atoms with Gasteiger partial charge in [0.1, 0.15) is 0 Å². The highest BCUT2D eigenvalue weighted by Gasteiger charge is 2.15. The van der Waals surface area contributed by atoms with E-state index in [1.807, 2.05) is 6.08 Å². The molecule has 1 aliphatic carbocycles. The largest absolute Gasteiger partial charge is 0.328 e. The first-order valence-electron chi connectivity index (χ1n) is 3.71. The highest BCUT2D eigenvalue weighted by Crippen LogP contribution is 2.23. The van der Waals surface area contributed by atoms with Crippen molar-refractivity contribution < 1.29 is 0 Å². The fourth-order valence-electron chi connectivity index (χ4n) is 1.48. The van der Waals surface area contributed by atoms with Gasteiger partial charge in [0.05, 0.1) is 0 Å². The summed E-state index contributed by atoms with van der Waals surface area (Å²) >= 11 is 0. The van der Waals surface area contributed by atoms with Crippen LogP contribution in [0.1, 0.15) is 25.7 Å². The number of hydrogen-bond donors (Lipinski definition) is 1. The first kappa shape index (κ1) is 9.99. The van der Waals surface area contributed by atoms with Gasteiger partial charge in [-0.25, -0.2) is 0 Å². The lowest BCUT2D eigenvalue weighted by Crippen LogP contribution is -2.26. The molecule has 0 aromatic rings. The smallest absolute Gasteiger partial charge is 0.00444 e. The van der Waals surface area contributed by atoms with Crippen molar-refractivity contribution in [1.29, 1.82) is 0 Å². The zero-order valence-corrected chi connectivity index (χ0v) is 7.07. The van der Waals surface area contributed by atoms with Crippen molar-refractivity contribution in [3.8, 4) is 0 Å². The third-order valence-corrected chi connectivity index (χ3v) is 2.09. The zero-order valence-electron chi connectivity index (χ0n) is 6.25. The molecular weight excluding hydrogens is 146 g/mol. The Bertz CT molecular complexity index is 103. The Morgan fingerprint density at radius 3 is 2.50 bits per heavy atom. The van der Waals surface area contributed by atoms with E-state index in [4.69, 9.17) is 5.73 Å². The van der Waals surface area contributed by atoms with Gasteiger partial charge >= 0.3 is 0 Å². The van der Waals surface area contributed by atoms with Crippen LogP contribution in [-0.2, 0) is 0 Å². The Kier molecular flexibility index (Phi) is 4.75. The van der Waals surface area contributed by atoms with E-state index >= 15 is 0 Å². The van der Waals surface area contributed by atoms with E-state index in [0.717, 1.165) is 6.42 Å². The van der Waals surface area contributed by atoms with Crippen LogP contribution in [0.4, 0.5) is 0 Å². The SMILES string of the molecule is C=C[C@@H]1CCC[C@@H](N)C1.Cl. The van der Waals surface area contributed by atoms with Gasteiger partial charge in [0.2, 0.25) is 0 Å². The minimum Gasteiger partial charge on any atom is -0.328 e. The lowest BCUT2D eigenvalue weighted by atomic mass is 9.86. The molecule has 0 aliphatic heterocycles. The molecule has 0 aromatic heterocycles. The van der Waals surface area contributed by atoms with Crippen molar-refractivity contribution in [2.45, 2.75) is 31.7 Å². The molecule has 2 heteroatoms. The molecule has 0 bridgehead atoms. The molecule has 1 rings (SSSR count). The van der Waals surface area contributed by atoms with Gasteiger partial charge in [0.25, 0.3) is 0 Å². The van der Waals surface area contributed by atoms with Crippen LogP contribution in [0.5, 0.6) is 0 Å². The van der Waals surface area contributed by atoms with Crippen LogP contribution >= 0.6 is 12.4 Å². The molecule has 60 valence electrons. The summed E-state index contributed by atoms with van der Waals surface area (Å²) in [7, 11) is 0. The molecule has 1 nitrogen and oxygen atoms in total. The molecule has 1 saturated carbocycles. The Balaban J connectivity index is 0.000000810. The first-order valence-corrected chi connectivity index (χ1v) is 3.71. The number of nitrogens with two attached hydrogens (primary N) is 1. The summed E-state index contributed by atoms with van der Waals surface area (Å²) in [6.07, 6.45) is 7.00. The summed E-state index contributed by atoms with van der Waals surface area (Å²) in [4.78, 5) is 0. The third-order valence-electron chi connectivity index (χ3n) is 2.09. The third kappa shape index (κ3) is 2.72. The van der Waals surface area contributed by atoms with Crippen molar-refractivity contribution in [3.63, 3.8) is 0 Å².